The molecule has 0 aliphatic carbocycles. The van der Waals surface area contributed by atoms with E-state index in [2.05, 4.69) is 31.3 Å². The van der Waals surface area contributed by atoms with Gasteiger partial charge in [-0.1, -0.05) is 128 Å². The van der Waals surface area contributed by atoms with Crippen LogP contribution in [0.3, 0.4) is 0 Å². The van der Waals surface area contributed by atoms with Gasteiger partial charge in [-0.2, -0.15) is 0 Å². The van der Waals surface area contributed by atoms with Crippen molar-refractivity contribution in [1.82, 2.24) is 5.32 Å². The van der Waals surface area contributed by atoms with Gasteiger partial charge >= 0.3 is 0 Å². The Hall–Kier alpha value is -1.17. The number of carbonyl (C=O) groups excluding carboxylic acids is 1. The molecule has 0 saturated carbocycles. The second kappa shape index (κ2) is 25.9. The lowest BCUT2D eigenvalue weighted by Gasteiger charge is -2.21. The van der Waals surface area contributed by atoms with Gasteiger partial charge in [0.2, 0.25) is 5.91 Å². The van der Waals surface area contributed by atoms with Crippen LogP contribution in [0.25, 0.3) is 0 Å². The Morgan fingerprint density at radius 1 is 0.686 bits per heavy atom. The van der Waals surface area contributed by atoms with Gasteiger partial charge in [-0.3, -0.25) is 4.79 Å². The van der Waals surface area contributed by atoms with Gasteiger partial charge in [0, 0.05) is 0 Å². The minimum absolute atomic E-state index is 0.375. The molecule has 35 heavy (non-hydrogen) atoms. The molecule has 1 amide bonds. The van der Waals surface area contributed by atoms with Crippen molar-refractivity contribution >= 4 is 5.91 Å². The van der Waals surface area contributed by atoms with Crippen LogP contribution in [0.5, 0.6) is 0 Å². The zero-order chi connectivity index (χ0) is 26.0. The predicted molar refractivity (Wildman–Crippen MR) is 148 cm³/mol. The normalized spacial score (nSPS) is 14.5. The quantitative estimate of drug-likeness (QED) is 0.0833. The molecule has 0 saturated heterocycles. The van der Waals surface area contributed by atoms with Crippen LogP contribution < -0.4 is 5.32 Å². The number of amides is 1. The van der Waals surface area contributed by atoms with E-state index >= 15 is 0 Å². The topological polar surface area (TPSA) is 89.8 Å². The zero-order valence-corrected chi connectivity index (χ0v) is 22.9. The summed E-state index contributed by atoms with van der Waals surface area (Å²) in [4.78, 5) is 12.2. The highest BCUT2D eigenvalue weighted by molar-refractivity contribution is 5.80. The second-order valence-corrected chi connectivity index (χ2v) is 9.95. The van der Waals surface area contributed by atoms with E-state index in [9.17, 15) is 20.1 Å². The Kier molecular flexibility index (Phi) is 25.0. The van der Waals surface area contributed by atoms with Crippen LogP contribution in [-0.4, -0.2) is 46.1 Å². The van der Waals surface area contributed by atoms with Crippen molar-refractivity contribution in [2.24, 2.45) is 0 Å². The summed E-state index contributed by atoms with van der Waals surface area (Å²) in [7, 11) is 0. The number of allylic oxidation sites excluding steroid dienone is 3. The highest BCUT2D eigenvalue weighted by Gasteiger charge is 2.22. The Bertz CT molecular complexity index is 520. The fourth-order valence-electron chi connectivity index (χ4n) is 4.14. The van der Waals surface area contributed by atoms with E-state index in [1.807, 2.05) is 6.08 Å². The van der Waals surface area contributed by atoms with Gasteiger partial charge in [-0.25, -0.2) is 0 Å². The third kappa shape index (κ3) is 21.8. The first-order valence-electron chi connectivity index (χ1n) is 14.7. The standard InChI is InChI=1S/C30H57NO4/c1-3-5-7-9-11-13-14-15-17-18-20-22-24-28(33)27(26-32)31-30(35)29(34)25-23-21-19-16-12-10-8-6-4-2/h15,17,22,24,27-29,32-34H,3-14,16,18-21,23,25-26H2,1-2H3,(H,31,35)/b17-15+,24-22+. The smallest absolute Gasteiger partial charge is 0.249 e. The van der Waals surface area contributed by atoms with E-state index in [4.69, 9.17) is 0 Å². The van der Waals surface area contributed by atoms with Crippen molar-refractivity contribution in [1.29, 1.82) is 0 Å². The summed E-state index contributed by atoms with van der Waals surface area (Å²) in [5.74, 6) is -0.520. The van der Waals surface area contributed by atoms with Crippen LogP contribution >= 0.6 is 0 Å². The molecule has 0 spiro atoms. The van der Waals surface area contributed by atoms with Crippen molar-refractivity contribution in [3.8, 4) is 0 Å². The largest absolute Gasteiger partial charge is 0.394 e. The van der Waals surface area contributed by atoms with Gasteiger partial charge < -0.3 is 20.6 Å². The van der Waals surface area contributed by atoms with E-state index in [1.165, 1.54) is 77.0 Å². The molecular weight excluding hydrogens is 438 g/mol. The number of aliphatic hydroxyl groups excluding tert-OH is 3. The number of carbonyl (C=O) groups is 1. The van der Waals surface area contributed by atoms with Crippen LogP contribution in [0.15, 0.2) is 24.3 Å². The maximum Gasteiger partial charge on any atom is 0.249 e. The minimum Gasteiger partial charge on any atom is -0.394 e. The van der Waals surface area contributed by atoms with Crippen LogP contribution in [0, 0.1) is 0 Å². The molecule has 0 aliphatic heterocycles. The first-order chi connectivity index (χ1) is 17.1. The molecule has 0 heterocycles. The number of unbranched alkanes of at least 4 members (excludes halogenated alkanes) is 15. The molecule has 0 aromatic heterocycles. The molecule has 0 rings (SSSR count). The molecule has 206 valence electrons. The van der Waals surface area contributed by atoms with Gasteiger partial charge in [0.1, 0.15) is 6.10 Å². The third-order valence-corrected chi connectivity index (χ3v) is 6.54. The lowest BCUT2D eigenvalue weighted by Crippen LogP contribution is -2.48. The van der Waals surface area contributed by atoms with Crippen molar-refractivity contribution < 1.29 is 20.1 Å². The molecule has 5 heteroatoms. The Morgan fingerprint density at radius 2 is 1.17 bits per heavy atom. The van der Waals surface area contributed by atoms with Gasteiger partial charge in [0.15, 0.2) is 0 Å². The van der Waals surface area contributed by atoms with E-state index in [-0.39, 0.29) is 6.61 Å². The summed E-state index contributed by atoms with van der Waals surface area (Å²) in [6, 6.07) is -0.806. The summed E-state index contributed by atoms with van der Waals surface area (Å²) in [6.45, 7) is 4.08. The van der Waals surface area contributed by atoms with E-state index in [0.29, 0.717) is 6.42 Å². The van der Waals surface area contributed by atoms with Gasteiger partial charge in [0.05, 0.1) is 18.8 Å². The first-order valence-corrected chi connectivity index (χ1v) is 14.7. The third-order valence-electron chi connectivity index (χ3n) is 6.54. The molecule has 0 radical (unpaired) electrons. The Labute approximate surface area is 216 Å². The van der Waals surface area contributed by atoms with Gasteiger partial charge in [-0.15, -0.1) is 0 Å². The Balaban J connectivity index is 3.92. The molecule has 0 aromatic carbocycles. The molecule has 0 aromatic rings. The van der Waals surface area contributed by atoms with Crippen LogP contribution in [-0.2, 0) is 4.79 Å². The summed E-state index contributed by atoms with van der Waals surface area (Å²) >= 11 is 0. The molecule has 0 fully saturated rings. The summed E-state index contributed by atoms with van der Waals surface area (Å²) in [5.41, 5.74) is 0. The lowest BCUT2D eigenvalue weighted by atomic mass is 10.0. The van der Waals surface area contributed by atoms with Crippen molar-refractivity contribution in [2.45, 2.75) is 154 Å². The van der Waals surface area contributed by atoms with Crippen molar-refractivity contribution in [3.63, 3.8) is 0 Å². The minimum atomic E-state index is -1.10. The molecule has 0 bridgehead atoms. The molecule has 3 unspecified atom stereocenters. The molecule has 5 nitrogen and oxygen atoms in total. The molecule has 0 aliphatic rings. The molecular formula is C30H57NO4. The Morgan fingerprint density at radius 3 is 1.74 bits per heavy atom. The molecule has 4 N–H and O–H groups in total. The number of hydrogen-bond acceptors (Lipinski definition) is 4. The van der Waals surface area contributed by atoms with Crippen molar-refractivity contribution in [3.05, 3.63) is 24.3 Å². The fraction of sp³-hybridized carbons (Fsp3) is 0.833. The zero-order valence-electron chi connectivity index (χ0n) is 22.9. The first kappa shape index (κ1) is 33.8. The van der Waals surface area contributed by atoms with Crippen LogP contribution in [0.4, 0.5) is 0 Å². The highest BCUT2D eigenvalue weighted by Crippen LogP contribution is 2.12. The number of aliphatic hydroxyl groups is 3. The number of rotatable bonds is 25. The highest BCUT2D eigenvalue weighted by atomic mass is 16.3. The summed E-state index contributed by atoms with van der Waals surface area (Å²) in [6.07, 6.45) is 27.6. The SMILES string of the molecule is CCCCCCCC/C=C/CC/C=C/C(O)C(CO)NC(=O)C(O)CCCCCCCCCCC. The number of hydrogen-bond donors (Lipinski definition) is 4. The maximum atomic E-state index is 12.2. The van der Waals surface area contributed by atoms with Crippen LogP contribution in [0.2, 0.25) is 0 Å². The predicted octanol–water partition coefficient (Wildman–Crippen LogP) is 6.75. The summed E-state index contributed by atoms with van der Waals surface area (Å²) < 4.78 is 0. The number of nitrogens with one attached hydrogen (secondary N) is 1. The monoisotopic (exact) mass is 495 g/mol. The fourth-order valence-corrected chi connectivity index (χ4v) is 4.14. The maximum absolute atomic E-state index is 12.2. The van der Waals surface area contributed by atoms with E-state index < -0.39 is 24.2 Å². The second-order valence-electron chi connectivity index (χ2n) is 9.95. The van der Waals surface area contributed by atoms with Crippen LogP contribution in [0.1, 0.15) is 136 Å². The average Bonchev–Trinajstić information content (AvgIpc) is 2.86. The summed E-state index contributed by atoms with van der Waals surface area (Å²) in [5, 5.41) is 32.6. The van der Waals surface area contributed by atoms with Gasteiger partial charge in [0.25, 0.3) is 0 Å². The molecule has 3 atom stereocenters. The van der Waals surface area contributed by atoms with Gasteiger partial charge in [-0.05, 0) is 32.1 Å². The average molecular weight is 496 g/mol. The van der Waals surface area contributed by atoms with Crippen molar-refractivity contribution in [2.75, 3.05) is 6.61 Å². The lowest BCUT2D eigenvalue weighted by molar-refractivity contribution is -0.131. The van der Waals surface area contributed by atoms with E-state index in [1.54, 1.807) is 6.08 Å². The van der Waals surface area contributed by atoms with E-state index in [0.717, 1.165) is 38.5 Å².